The van der Waals surface area contributed by atoms with Crippen molar-refractivity contribution >= 4 is 5.97 Å². The molecule has 1 saturated carbocycles. The maximum atomic E-state index is 12.1. The van der Waals surface area contributed by atoms with Crippen LogP contribution in [0.3, 0.4) is 0 Å². The van der Waals surface area contributed by atoms with Crippen molar-refractivity contribution in [2.24, 2.45) is 5.92 Å². The second-order valence-corrected chi connectivity index (χ2v) is 6.03. The van der Waals surface area contributed by atoms with Gasteiger partial charge >= 0.3 is 11.7 Å². The minimum absolute atomic E-state index is 0.0736. The van der Waals surface area contributed by atoms with Gasteiger partial charge in [-0.1, -0.05) is 25.7 Å². The minimum Gasteiger partial charge on any atom is -0.481 e. The number of hydrogen-bond donors (Lipinski definition) is 1. The summed E-state index contributed by atoms with van der Waals surface area (Å²) in [7, 11) is 0. The van der Waals surface area contributed by atoms with Gasteiger partial charge in [0.25, 0.3) is 0 Å². The Hall–Kier alpha value is -1.65. The molecule has 1 aromatic heterocycles. The van der Waals surface area contributed by atoms with E-state index in [1.54, 1.807) is 11.5 Å². The molecule has 5 nitrogen and oxygen atoms in total. The summed E-state index contributed by atoms with van der Waals surface area (Å²) in [6.45, 7) is 4.39. The molecule has 1 aliphatic rings. The normalized spacial score (nSPS) is 15.5. The van der Waals surface area contributed by atoms with Gasteiger partial charge in [-0.25, -0.2) is 4.79 Å². The third kappa shape index (κ3) is 3.93. The molecule has 1 aliphatic carbocycles. The molecule has 0 aliphatic heterocycles. The lowest BCUT2D eigenvalue weighted by Gasteiger charge is -2.16. The number of aryl methyl sites for hydroxylation is 1. The molecule has 1 heterocycles. The zero-order chi connectivity index (χ0) is 15.4. The Labute approximate surface area is 125 Å². The largest absolute Gasteiger partial charge is 0.481 e. The van der Waals surface area contributed by atoms with Crippen LogP contribution in [-0.2, 0) is 17.8 Å². The van der Waals surface area contributed by atoms with Crippen LogP contribution in [0.2, 0.25) is 0 Å². The van der Waals surface area contributed by atoms with Crippen molar-refractivity contribution in [1.82, 2.24) is 9.55 Å². The van der Waals surface area contributed by atoms with Crippen molar-refractivity contribution in [3.63, 3.8) is 0 Å². The zero-order valence-electron chi connectivity index (χ0n) is 12.9. The predicted molar refractivity (Wildman–Crippen MR) is 80.5 cm³/mol. The van der Waals surface area contributed by atoms with Crippen LogP contribution in [0, 0.1) is 19.8 Å². The van der Waals surface area contributed by atoms with Crippen LogP contribution in [0.15, 0.2) is 4.79 Å². The Morgan fingerprint density at radius 1 is 1.33 bits per heavy atom. The van der Waals surface area contributed by atoms with E-state index in [1.807, 2.05) is 6.92 Å². The summed E-state index contributed by atoms with van der Waals surface area (Å²) >= 11 is 0. The molecule has 21 heavy (non-hydrogen) atoms. The molecule has 1 fully saturated rings. The second-order valence-electron chi connectivity index (χ2n) is 6.03. The second kappa shape index (κ2) is 6.87. The fourth-order valence-electron chi connectivity index (χ4n) is 3.31. The maximum absolute atomic E-state index is 12.1. The Balaban J connectivity index is 2.17. The smallest absolute Gasteiger partial charge is 0.347 e. The van der Waals surface area contributed by atoms with Crippen molar-refractivity contribution in [2.45, 2.75) is 65.3 Å². The standard InChI is InChI=1S/C16H24N2O3/c1-11-14(7-8-15(19)20)12(2)18(16(21)17-11)10-9-13-5-3-4-6-13/h13H,3-10H2,1-2H3,(H,19,20). The van der Waals surface area contributed by atoms with E-state index in [0.29, 0.717) is 18.7 Å². The van der Waals surface area contributed by atoms with Crippen LogP contribution in [0.5, 0.6) is 0 Å². The predicted octanol–water partition coefficient (Wildman–Crippen LogP) is 2.46. The fourth-order valence-corrected chi connectivity index (χ4v) is 3.31. The highest BCUT2D eigenvalue weighted by Gasteiger charge is 2.17. The first-order valence-corrected chi connectivity index (χ1v) is 7.77. The van der Waals surface area contributed by atoms with Gasteiger partial charge in [0.2, 0.25) is 0 Å². The average Bonchev–Trinajstić information content (AvgIpc) is 2.90. The molecule has 0 radical (unpaired) electrons. The summed E-state index contributed by atoms with van der Waals surface area (Å²) in [5, 5.41) is 8.84. The van der Waals surface area contributed by atoms with E-state index in [-0.39, 0.29) is 12.1 Å². The van der Waals surface area contributed by atoms with E-state index in [1.165, 1.54) is 25.7 Å². The van der Waals surface area contributed by atoms with Gasteiger partial charge in [-0.15, -0.1) is 0 Å². The van der Waals surface area contributed by atoms with Crippen LogP contribution in [0.4, 0.5) is 0 Å². The number of hydrogen-bond acceptors (Lipinski definition) is 3. The number of rotatable bonds is 6. The van der Waals surface area contributed by atoms with Crippen LogP contribution in [-0.4, -0.2) is 20.6 Å². The number of aromatic nitrogens is 2. The van der Waals surface area contributed by atoms with Gasteiger partial charge in [-0.2, -0.15) is 4.98 Å². The molecule has 0 amide bonds. The van der Waals surface area contributed by atoms with E-state index in [9.17, 15) is 9.59 Å². The molecule has 0 bridgehead atoms. The van der Waals surface area contributed by atoms with E-state index < -0.39 is 5.97 Å². The monoisotopic (exact) mass is 292 g/mol. The highest BCUT2D eigenvalue weighted by Crippen LogP contribution is 2.28. The lowest BCUT2D eigenvalue weighted by atomic mass is 10.0. The quantitative estimate of drug-likeness (QED) is 0.874. The average molecular weight is 292 g/mol. The van der Waals surface area contributed by atoms with Crippen LogP contribution >= 0.6 is 0 Å². The van der Waals surface area contributed by atoms with Crippen molar-refractivity contribution in [2.75, 3.05) is 0 Å². The van der Waals surface area contributed by atoms with Gasteiger partial charge < -0.3 is 5.11 Å². The van der Waals surface area contributed by atoms with Crippen LogP contribution in [0.1, 0.15) is 55.5 Å². The lowest BCUT2D eigenvalue weighted by Crippen LogP contribution is -2.28. The number of carboxylic acids is 1. The van der Waals surface area contributed by atoms with Gasteiger partial charge in [-0.3, -0.25) is 9.36 Å². The van der Waals surface area contributed by atoms with Crippen LogP contribution < -0.4 is 5.69 Å². The third-order valence-corrected chi connectivity index (χ3v) is 4.60. The Morgan fingerprint density at radius 3 is 2.62 bits per heavy atom. The molecular weight excluding hydrogens is 268 g/mol. The van der Waals surface area contributed by atoms with E-state index in [2.05, 4.69) is 4.98 Å². The first kappa shape index (κ1) is 15.7. The summed E-state index contributed by atoms with van der Waals surface area (Å²) < 4.78 is 1.72. The Bertz CT molecular complexity index is 572. The molecule has 1 N–H and O–H groups in total. The topological polar surface area (TPSA) is 72.2 Å². The van der Waals surface area contributed by atoms with Gasteiger partial charge in [0.1, 0.15) is 0 Å². The first-order valence-electron chi connectivity index (χ1n) is 7.77. The summed E-state index contributed by atoms with van der Waals surface area (Å²) in [5.41, 5.74) is 2.24. The van der Waals surface area contributed by atoms with Crippen molar-refractivity contribution < 1.29 is 9.90 Å². The van der Waals surface area contributed by atoms with E-state index >= 15 is 0 Å². The van der Waals surface area contributed by atoms with Crippen molar-refractivity contribution in [3.05, 3.63) is 27.4 Å². The van der Waals surface area contributed by atoms with Crippen molar-refractivity contribution in [3.8, 4) is 0 Å². The molecule has 116 valence electrons. The Morgan fingerprint density at radius 2 is 2.00 bits per heavy atom. The number of carboxylic acid groups (broad SMARTS) is 1. The summed E-state index contributed by atoms with van der Waals surface area (Å²) in [6, 6.07) is 0. The fraction of sp³-hybridized carbons (Fsp3) is 0.688. The molecule has 5 heteroatoms. The SMILES string of the molecule is Cc1nc(=O)n(CCC2CCCC2)c(C)c1CCC(=O)O. The summed E-state index contributed by atoms with van der Waals surface area (Å²) in [6.07, 6.45) is 6.65. The molecule has 1 aromatic rings. The van der Waals surface area contributed by atoms with Gasteiger partial charge in [0, 0.05) is 24.4 Å². The molecule has 0 saturated heterocycles. The lowest BCUT2D eigenvalue weighted by molar-refractivity contribution is -0.136. The highest BCUT2D eigenvalue weighted by atomic mass is 16.4. The molecule has 0 unspecified atom stereocenters. The highest BCUT2D eigenvalue weighted by molar-refractivity contribution is 5.67. The minimum atomic E-state index is -0.822. The third-order valence-electron chi connectivity index (χ3n) is 4.60. The molecule has 0 spiro atoms. The summed E-state index contributed by atoms with van der Waals surface area (Å²) in [5.74, 6) is -0.0995. The van der Waals surface area contributed by atoms with E-state index in [4.69, 9.17) is 5.11 Å². The zero-order valence-corrected chi connectivity index (χ0v) is 12.9. The van der Waals surface area contributed by atoms with Gasteiger partial charge in [0.15, 0.2) is 0 Å². The molecule has 0 aromatic carbocycles. The molecular formula is C16H24N2O3. The van der Waals surface area contributed by atoms with E-state index in [0.717, 1.165) is 23.6 Å². The number of nitrogens with zero attached hydrogens (tertiary/aromatic N) is 2. The molecule has 0 atom stereocenters. The van der Waals surface area contributed by atoms with Crippen LogP contribution in [0.25, 0.3) is 0 Å². The number of aliphatic carboxylic acids is 1. The molecule has 2 rings (SSSR count). The first-order chi connectivity index (χ1) is 9.99. The van der Waals surface area contributed by atoms with Crippen molar-refractivity contribution in [1.29, 1.82) is 0 Å². The summed E-state index contributed by atoms with van der Waals surface area (Å²) in [4.78, 5) is 26.9. The Kier molecular flexibility index (Phi) is 5.15. The number of carbonyl (C=O) groups is 1. The van der Waals surface area contributed by atoms with Gasteiger partial charge in [-0.05, 0) is 38.2 Å². The maximum Gasteiger partial charge on any atom is 0.347 e. The van der Waals surface area contributed by atoms with Gasteiger partial charge in [0.05, 0.1) is 0 Å².